The minimum atomic E-state index is -0.353. The average molecular weight is 254 g/mol. The van der Waals surface area contributed by atoms with Gasteiger partial charge in [0.05, 0.1) is 0 Å². The molecule has 18 heavy (non-hydrogen) atoms. The van der Waals surface area contributed by atoms with Crippen LogP contribution in [0.15, 0.2) is 0 Å². The van der Waals surface area contributed by atoms with Gasteiger partial charge in [0, 0.05) is 5.54 Å². The second kappa shape index (κ2) is 5.72. The van der Waals surface area contributed by atoms with Crippen molar-refractivity contribution in [2.75, 3.05) is 6.54 Å². The van der Waals surface area contributed by atoms with Crippen molar-refractivity contribution < 1.29 is 9.59 Å². The molecule has 0 bridgehead atoms. The molecule has 0 radical (unpaired) electrons. The molecule has 1 saturated heterocycles. The van der Waals surface area contributed by atoms with Crippen molar-refractivity contribution in [3.8, 4) is 0 Å². The van der Waals surface area contributed by atoms with Crippen LogP contribution < -0.4 is 5.32 Å². The Bertz CT molecular complexity index is 324. The number of rotatable bonds is 5. The van der Waals surface area contributed by atoms with E-state index in [0.29, 0.717) is 0 Å². The molecule has 1 aliphatic heterocycles. The Morgan fingerprint density at radius 1 is 1.33 bits per heavy atom. The highest BCUT2D eigenvalue weighted by Gasteiger charge is 2.42. The third-order valence-electron chi connectivity index (χ3n) is 4.54. The van der Waals surface area contributed by atoms with Crippen molar-refractivity contribution in [1.82, 2.24) is 10.2 Å². The number of carbonyl (C=O) groups is 2. The van der Waals surface area contributed by atoms with Crippen LogP contribution in [0.5, 0.6) is 0 Å². The van der Waals surface area contributed by atoms with Gasteiger partial charge in [-0.1, -0.05) is 34.1 Å². The van der Waals surface area contributed by atoms with E-state index in [-0.39, 0.29) is 35.9 Å². The highest BCUT2D eigenvalue weighted by molar-refractivity contribution is 5.95. The predicted octanol–water partition coefficient (Wildman–Crippen LogP) is 1.94. The third-order valence-corrected chi connectivity index (χ3v) is 4.54. The van der Waals surface area contributed by atoms with Crippen molar-refractivity contribution in [2.24, 2.45) is 5.92 Å². The number of amides is 2. The Balaban J connectivity index is 2.99. The number of hydrogen-bond donors (Lipinski definition) is 1. The SMILES string of the molecule is CCC(C)C1NC(=O)CN(C(C)(CC)CC)C1=O. The first kappa shape index (κ1) is 15.0. The van der Waals surface area contributed by atoms with Gasteiger partial charge >= 0.3 is 0 Å². The van der Waals surface area contributed by atoms with Crippen molar-refractivity contribution in [3.05, 3.63) is 0 Å². The molecule has 0 aromatic heterocycles. The van der Waals surface area contributed by atoms with Crippen LogP contribution in [-0.2, 0) is 9.59 Å². The highest BCUT2D eigenvalue weighted by Crippen LogP contribution is 2.27. The van der Waals surface area contributed by atoms with Crippen LogP contribution in [0.25, 0.3) is 0 Å². The van der Waals surface area contributed by atoms with Crippen LogP contribution in [0.3, 0.4) is 0 Å². The van der Waals surface area contributed by atoms with Gasteiger partial charge in [-0.15, -0.1) is 0 Å². The van der Waals surface area contributed by atoms with Crippen molar-refractivity contribution in [2.45, 2.75) is 65.5 Å². The van der Waals surface area contributed by atoms with Gasteiger partial charge < -0.3 is 10.2 Å². The topological polar surface area (TPSA) is 49.4 Å². The smallest absolute Gasteiger partial charge is 0.246 e. The normalized spacial score (nSPS) is 22.9. The van der Waals surface area contributed by atoms with E-state index in [1.165, 1.54) is 0 Å². The van der Waals surface area contributed by atoms with E-state index >= 15 is 0 Å². The van der Waals surface area contributed by atoms with Crippen LogP contribution in [-0.4, -0.2) is 34.8 Å². The lowest BCUT2D eigenvalue weighted by atomic mass is 9.88. The zero-order chi connectivity index (χ0) is 13.9. The van der Waals surface area contributed by atoms with E-state index in [1.54, 1.807) is 4.90 Å². The first-order chi connectivity index (χ1) is 8.39. The van der Waals surface area contributed by atoms with Gasteiger partial charge in [0.25, 0.3) is 0 Å². The molecule has 0 spiro atoms. The third kappa shape index (κ3) is 2.68. The molecule has 1 rings (SSSR count). The highest BCUT2D eigenvalue weighted by atomic mass is 16.2. The van der Waals surface area contributed by atoms with E-state index < -0.39 is 0 Å². The summed E-state index contributed by atoms with van der Waals surface area (Å²) in [5.41, 5.74) is -0.208. The van der Waals surface area contributed by atoms with Gasteiger partial charge in [-0.25, -0.2) is 0 Å². The van der Waals surface area contributed by atoms with Crippen molar-refractivity contribution in [3.63, 3.8) is 0 Å². The maximum Gasteiger partial charge on any atom is 0.246 e. The largest absolute Gasteiger partial charge is 0.342 e. The summed E-state index contributed by atoms with van der Waals surface area (Å²) in [4.78, 5) is 26.2. The maximum atomic E-state index is 12.5. The Labute approximate surface area is 110 Å². The predicted molar refractivity (Wildman–Crippen MR) is 72.1 cm³/mol. The first-order valence-electron chi connectivity index (χ1n) is 7.00. The summed E-state index contributed by atoms with van der Waals surface area (Å²) in [5.74, 6) is 0.227. The summed E-state index contributed by atoms with van der Waals surface area (Å²) >= 11 is 0. The molecule has 0 aromatic rings. The molecule has 1 heterocycles. The van der Waals surface area contributed by atoms with Gasteiger partial charge in [-0.05, 0) is 25.7 Å². The molecule has 0 aromatic carbocycles. The molecule has 4 heteroatoms. The Morgan fingerprint density at radius 3 is 2.33 bits per heavy atom. The molecular formula is C14H26N2O2. The fourth-order valence-corrected chi connectivity index (χ4v) is 2.38. The standard InChI is InChI=1S/C14H26N2O2/c1-6-10(4)12-13(18)16(9-11(17)15-12)14(5,7-2)8-3/h10,12H,6-9H2,1-5H3,(H,15,17). The molecule has 104 valence electrons. The van der Waals surface area contributed by atoms with Crippen LogP contribution in [0.2, 0.25) is 0 Å². The van der Waals surface area contributed by atoms with Crippen LogP contribution in [0, 0.1) is 5.92 Å². The Morgan fingerprint density at radius 2 is 1.89 bits per heavy atom. The first-order valence-corrected chi connectivity index (χ1v) is 7.00. The molecule has 2 atom stereocenters. The maximum absolute atomic E-state index is 12.5. The summed E-state index contributed by atoms with van der Waals surface area (Å²) in [6.07, 6.45) is 2.63. The zero-order valence-corrected chi connectivity index (χ0v) is 12.2. The molecule has 4 nitrogen and oxygen atoms in total. The van der Waals surface area contributed by atoms with Gasteiger partial charge in [-0.2, -0.15) is 0 Å². The number of piperazine rings is 1. The van der Waals surface area contributed by atoms with E-state index in [4.69, 9.17) is 0 Å². The number of nitrogens with one attached hydrogen (secondary N) is 1. The lowest BCUT2D eigenvalue weighted by Gasteiger charge is -2.45. The Hall–Kier alpha value is -1.06. The van der Waals surface area contributed by atoms with E-state index in [1.807, 2.05) is 13.8 Å². The monoisotopic (exact) mass is 254 g/mol. The fourth-order valence-electron chi connectivity index (χ4n) is 2.38. The molecular weight excluding hydrogens is 228 g/mol. The summed E-state index contributed by atoms with van der Waals surface area (Å²) in [7, 11) is 0. The summed E-state index contributed by atoms with van der Waals surface area (Å²) in [6.45, 7) is 10.5. The van der Waals surface area contributed by atoms with Crippen LogP contribution in [0.4, 0.5) is 0 Å². The van der Waals surface area contributed by atoms with Crippen molar-refractivity contribution in [1.29, 1.82) is 0 Å². The summed E-state index contributed by atoms with van der Waals surface area (Å²) in [6, 6.07) is -0.353. The number of hydrogen-bond acceptors (Lipinski definition) is 2. The summed E-state index contributed by atoms with van der Waals surface area (Å²) < 4.78 is 0. The zero-order valence-electron chi connectivity index (χ0n) is 12.2. The molecule has 1 fully saturated rings. The minimum absolute atomic E-state index is 0.0342. The van der Waals surface area contributed by atoms with Crippen LogP contribution >= 0.6 is 0 Å². The number of carbonyl (C=O) groups excluding carboxylic acids is 2. The lowest BCUT2D eigenvalue weighted by molar-refractivity contribution is -0.152. The quantitative estimate of drug-likeness (QED) is 0.815. The molecule has 1 aliphatic rings. The Kier molecular flexibility index (Phi) is 4.77. The molecule has 0 aliphatic carbocycles. The average Bonchev–Trinajstić information content (AvgIpc) is 2.39. The van der Waals surface area contributed by atoms with E-state index in [2.05, 4.69) is 26.1 Å². The second-order valence-corrected chi connectivity index (χ2v) is 5.56. The lowest BCUT2D eigenvalue weighted by Crippen LogP contribution is -2.65. The van der Waals surface area contributed by atoms with E-state index in [0.717, 1.165) is 19.3 Å². The molecule has 2 unspecified atom stereocenters. The molecule has 1 N–H and O–H groups in total. The van der Waals surface area contributed by atoms with Gasteiger partial charge in [0.1, 0.15) is 12.6 Å². The summed E-state index contributed by atoms with van der Waals surface area (Å²) in [5, 5.41) is 2.84. The fraction of sp³-hybridized carbons (Fsp3) is 0.857. The van der Waals surface area contributed by atoms with Crippen LogP contribution in [0.1, 0.15) is 53.9 Å². The second-order valence-electron chi connectivity index (χ2n) is 5.56. The molecule has 0 saturated carbocycles. The number of nitrogens with zero attached hydrogens (tertiary/aromatic N) is 1. The van der Waals surface area contributed by atoms with E-state index in [9.17, 15) is 9.59 Å². The van der Waals surface area contributed by atoms with Crippen molar-refractivity contribution >= 4 is 11.8 Å². The van der Waals surface area contributed by atoms with Gasteiger partial charge in [0.15, 0.2) is 0 Å². The van der Waals surface area contributed by atoms with Gasteiger partial charge in [0.2, 0.25) is 11.8 Å². The molecule has 2 amide bonds. The minimum Gasteiger partial charge on any atom is -0.342 e. The van der Waals surface area contributed by atoms with Gasteiger partial charge in [-0.3, -0.25) is 9.59 Å².